The highest BCUT2D eigenvalue weighted by Gasteiger charge is 2.21. The highest BCUT2D eigenvalue weighted by Crippen LogP contribution is 2.22. The third kappa shape index (κ3) is 3.12. The van der Waals surface area contributed by atoms with E-state index in [1.54, 1.807) is 0 Å². The van der Waals surface area contributed by atoms with Crippen molar-refractivity contribution in [2.75, 3.05) is 29.9 Å². The predicted molar refractivity (Wildman–Crippen MR) is 82.2 cm³/mol. The van der Waals surface area contributed by atoms with Gasteiger partial charge in [0.2, 0.25) is 5.91 Å². The topological polar surface area (TPSA) is 44.4 Å². The average molecular weight is 273 g/mol. The van der Waals surface area contributed by atoms with Gasteiger partial charge in [-0.1, -0.05) is 0 Å². The first-order chi connectivity index (χ1) is 9.83. The Balaban J connectivity index is 1.59. The molecule has 0 aliphatic carbocycles. The van der Waals surface area contributed by atoms with Gasteiger partial charge in [-0.05, 0) is 62.9 Å². The van der Waals surface area contributed by atoms with Gasteiger partial charge in [-0.3, -0.25) is 4.79 Å². The van der Waals surface area contributed by atoms with E-state index in [1.807, 2.05) is 12.1 Å². The van der Waals surface area contributed by atoms with Crippen LogP contribution in [0.15, 0.2) is 24.3 Å². The molecule has 1 amide bonds. The van der Waals surface area contributed by atoms with E-state index in [-0.39, 0.29) is 11.9 Å². The summed E-state index contributed by atoms with van der Waals surface area (Å²) in [6.45, 7) is 3.25. The van der Waals surface area contributed by atoms with Gasteiger partial charge in [0, 0.05) is 24.5 Å². The van der Waals surface area contributed by atoms with Crippen molar-refractivity contribution in [2.45, 2.75) is 38.1 Å². The first kappa shape index (κ1) is 13.4. The van der Waals surface area contributed by atoms with E-state index in [1.165, 1.54) is 24.9 Å². The second-order valence-electron chi connectivity index (χ2n) is 5.73. The molecule has 0 aromatic heterocycles. The Morgan fingerprint density at radius 3 is 2.50 bits per heavy atom. The van der Waals surface area contributed by atoms with E-state index in [4.69, 9.17) is 0 Å². The van der Waals surface area contributed by atoms with E-state index in [0.717, 1.165) is 38.2 Å². The number of amides is 1. The van der Waals surface area contributed by atoms with Gasteiger partial charge in [0.1, 0.15) is 0 Å². The van der Waals surface area contributed by atoms with Crippen LogP contribution in [0.4, 0.5) is 11.4 Å². The second kappa shape index (κ2) is 6.27. The lowest BCUT2D eigenvalue weighted by Crippen LogP contribution is -2.35. The average Bonchev–Trinajstić information content (AvgIpc) is 3.03. The van der Waals surface area contributed by atoms with Crippen LogP contribution < -0.4 is 15.5 Å². The fourth-order valence-electron chi connectivity index (χ4n) is 3.05. The maximum absolute atomic E-state index is 12.0. The third-order valence-electron chi connectivity index (χ3n) is 4.23. The molecule has 108 valence electrons. The minimum Gasteiger partial charge on any atom is -0.372 e. The maximum atomic E-state index is 12.0. The molecule has 0 spiro atoms. The van der Waals surface area contributed by atoms with Gasteiger partial charge in [0.25, 0.3) is 0 Å². The zero-order chi connectivity index (χ0) is 13.8. The number of anilines is 2. The fraction of sp³-hybridized carbons (Fsp3) is 0.562. The molecule has 1 aromatic carbocycles. The van der Waals surface area contributed by atoms with Crippen molar-refractivity contribution in [3.8, 4) is 0 Å². The van der Waals surface area contributed by atoms with Crippen molar-refractivity contribution >= 4 is 17.3 Å². The number of rotatable bonds is 3. The summed E-state index contributed by atoms with van der Waals surface area (Å²) in [5, 5.41) is 6.21. The molecule has 2 heterocycles. The van der Waals surface area contributed by atoms with E-state index < -0.39 is 0 Å². The number of nitrogens with zero attached hydrogens (tertiary/aromatic N) is 1. The molecule has 2 aliphatic rings. The van der Waals surface area contributed by atoms with Crippen LogP contribution in [0.1, 0.15) is 32.1 Å². The van der Waals surface area contributed by atoms with E-state index in [9.17, 15) is 4.79 Å². The smallest absolute Gasteiger partial charge is 0.241 e. The molecule has 1 atom stereocenters. The lowest BCUT2D eigenvalue weighted by Gasteiger charge is -2.28. The molecule has 3 rings (SSSR count). The van der Waals surface area contributed by atoms with Gasteiger partial charge in [-0.25, -0.2) is 0 Å². The van der Waals surface area contributed by atoms with Crippen LogP contribution in [0.5, 0.6) is 0 Å². The third-order valence-corrected chi connectivity index (χ3v) is 4.23. The zero-order valence-electron chi connectivity index (χ0n) is 11.9. The van der Waals surface area contributed by atoms with Crippen LogP contribution in [0, 0.1) is 0 Å². The summed E-state index contributed by atoms with van der Waals surface area (Å²) in [4.78, 5) is 14.4. The van der Waals surface area contributed by atoms with Crippen molar-refractivity contribution in [3.05, 3.63) is 24.3 Å². The maximum Gasteiger partial charge on any atom is 0.241 e. The molecule has 0 radical (unpaired) electrons. The first-order valence-corrected chi connectivity index (χ1v) is 7.72. The molecule has 2 aliphatic heterocycles. The van der Waals surface area contributed by atoms with E-state index in [2.05, 4.69) is 27.7 Å². The zero-order valence-corrected chi connectivity index (χ0v) is 11.9. The van der Waals surface area contributed by atoms with Crippen LogP contribution in [0.2, 0.25) is 0 Å². The fourth-order valence-corrected chi connectivity index (χ4v) is 3.05. The summed E-state index contributed by atoms with van der Waals surface area (Å²) in [6.07, 6.45) is 5.94. The van der Waals surface area contributed by atoms with Crippen molar-refractivity contribution in [2.24, 2.45) is 0 Å². The summed E-state index contributed by atoms with van der Waals surface area (Å²) < 4.78 is 0. The van der Waals surface area contributed by atoms with E-state index in [0.29, 0.717) is 0 Å². The normalized spacial score (nSPS) is 22.8. The first-order valence-electron chi connectivity index (χ1n) is 7.72. The molecule has 0 bridgehead atoms. The number of nitrogens with one attached hydrogen (secondary N) is 2. The Morgan fingerprint density at radius 1 is 1.10 bits per heavy atom. The quantitative estimate of drug-likeness (QED) is 0.888. The summed E-state index contributed by atoms with van der Waals surface area (Å²) in [6, 6.07) is 8.23. The molecular formula is C16H23N3O. The summed E-state index contributed by atoms with van der Waals surface area (Å²) in [7, 11) is 0. The van der Waals surface area contributed by atoms with Crippen LogP contribution in [-0.4, -0.2) is 31.6 Å². The van der Waals surface area contributed by atoms with Crippen molar-refractivity contribution in [3.63, 3.8) is 0 Å². The van der Waals surface area contributed by atoms with Crippen LogP contribution in [0.25, 0.3) is 0 Å². The standard InChI is InChI=1S/C16H23N3O/c20-16(15-5-4-10-17-15)18-13-6-8-14(9-7-13)19-11-2-1-3-12-19/h6-9,15,17H,1-5,10-12H2,(H,18,20). The molecule has 4 nitrogen and oxygen atoms in total. The Labute approximate surface area is 120 Å². The largest absolute Gasteiger partial charge is 0.372 e. The SMILES string of the molecule is O=C(Nc1ccc(N2CCCCC2)cc1)C1CCCN1. The lowest BCUT2D eigenvalue weighted by atomic mass is 10.1. The highest BCUT2D eigenvalue weighted by molar-refractivity contribution is 5.95. The molecule has 1 unspecified atom stereocenters. The van der Waals surface area contributed by atoms with Crippen molar-refractivity contribution < 1.29 is 4.79 Å². The number of carbonyl (C=O) groups excluding carboxylic acids is 1. The number of hydrogen-bond donors (Lipinski definition) is 2. The molecule has 1 aromatic rings. The minimum atomic E-state index is -0.0169. The summed E-state index contributed by atoms with van der Waals surface area (Å²) in [5.41, 5.74) is 2.16. The molecule has 2 saturated heterocycles. The Hall–Kier alpha value is -1.55. The van der Waals surface area contributed by atoms with Gasteiger partial charge >= 0.3 is 0 Å². The number of carbonyl (C=O) groups is 1. The summed E-state index contributed by atoms with van der Waals surface area (Å²) >= 11 is 0. The molecular weight excluding hydrogens is 250 g/mol. The predicted octanol–water partition coefficient (Wildman–Crippen LogP) is 2.37. The lowest BCUT2D eigenvalue weighted by molar-refractivity contribution is -0.117. The summed E-state index contributed by atoms with van der Waals surface area (Å²) in [5.74, 6) is 0.0909. The van der Waals surface area contributed by atoms with Crippen molar-refractivity contribution in [1.82, 2.24) is 5.32 Å². The second-order valence-corrected chi connectivity index (χ2v) is 5.73. The highest BCUT2D eigenvalue weighted by atomic mass is 16.2. The van der Waals surface area contributed by atoms with Crippen LogP contribution in [-0.2, 0) is 4.79 Å². The monoisotopic (exact) mass is 273 g/mol. The molecule has 4 heteroatoms. The molecule has 0 saturated carbocycles. The molecule has 20 heavy (non-hydrogen) atoms. The van der Waals surface area contributed by atoms with Gasteiger partial charge in [-0.2, -0.15) is 0 Å². The Kier molecular flexibility index (Phi) is 4.21. The van der Waals surface area contributed by atoms with E-state index >= 15 is 0 Å². The number of piperidine rings is 1. The minimum absolute atomic E-state index is 0.0169. The van der Waals surface area contributed by atoms with Gasteiger partial charge < -0.3 is 15.5 Å². The van der Waals surface area contributed by atoms with Gasteiger partial charge in [-0.15, -0.1) is 0 Å². The van der Waals surface area contributed by atoms with Gasteiger partial charge in [0.15, 0.2) is 0 Å². The Morgan fingerprint density at radius 2 is 1.85 bits per heavy atom. The molecule has 2 fully saturated rings. The Bertz CT molecular complexity index is 445. The van der Waals surface area contributed by atoms with Crippen LogP contribution >= 0.6 is 0 Å². The molecule has 2 N–H and O–H groups in total. The van der Waals surface area contributed by atoms with Crippen molar-refractivity contribution in [1.29, 1.82) is 0 Å². The van der Waals surface area contributed by atoms with Crippen LogP contribution in [0.3, 0.4) is 0 Å². The number of hydrogen-bond acceptors (Lipinski definition) is 3. The number of benzene rings is 1. The van der Waals surface area contributed by atoms with Gasteiger partial charge in [0.05, 0.1) is 6.04 Å².